The van der Waals surface area contributed by atoms with E-state index >= 15 is 0 Å². The second-order valence-corrected chi connectivity index (χ2v) is 17.9. The second kappa shape index (κ2) is 15.0. The maximum Gasteiger partial charge on any atom is 0.408 e. The van der Waals surface area contributed by atoms with E-state index in [0.29, 0.717) is 24.3 Å². The molecule has 2 heterocycles. The number of benzene rings is 1. The molecule has 6 rings (SSSR count). The van der Waals surface area contributed by atoms with Gasteiger partial charge in [0.2, 0.25) is 27.7 Å². The number of alkyl carbamates (subject to hydrolysis) is 1. The number of nitrogens with one attached hydrogen (secondary N) is 3. The number of likely N-dealkylation sites (tertiary alicyclic amines) is 1. The molecule has 292 valence electrons. The SMILES string of the molecule is C=C[C@@H]1C[C@]1(NC(=O)[C@@H]1C[C@@](OC)(c2ccc(-c3cccnc3OC)cc2)CN1C(=O)[C@@H](NC(=O)OC1CCCC1)C(C)(C)C)C(=O)NS(=O)(=O)C1CC1. The van der Waals surface area contributed by atoms with E-state index in [1.807, 2.05) is 51.1 Å². The lowest BCUT2D eigenvalue weighted by atomic mass is 9.85. The van der Waals surface area contributed by atoms with E-state index < -0.39 is 73.6 Å². The molecule has 3 aliphatic carbocycles. The highest BCUT2D eigenvalue weighted by molar-refractivity contribution is 7.91. The van der Waals surface area contributed by atoms with Crippen molar-refractivity contribution in [3.05, 3.63) is 60.8 Å². The number of aromatic nitrogens is 1. The molecule has 1 aliphatic heterocycles. The van der Waals surface area contributed by atoms with Crippen LogP contribution in [0.5, 0.6) is 5.88 Å². The molecular formula is C39H51N5O9S. The number of hydrogen-bond donors (Lipinski definition) is 3. The van der Waals surface area contributed by atoms with Crippen molar-refractivity contribution in [2.45, 2.75) is 107 Å². The summed E-state index contributed by atoms with van der Waals surface area (Å²) in [4.78, 5) is 61.7. The van der Waals surface area contributed by atoms with Gasteiger partial charge in [0.1, 0.15) is 29.3 Å². The minimum absolute atomic E-state index is 0.00313. The van der Waals surface area contributed by atoms with Gasteiger partial charge in [0.05, 0.1) is 18.9 Å². The number of sulfonamides is 1. The van der Waals surface area contributed by atoms with Crippen LogP contribution >= 0.6 is 0 Å². The molecule has 1 aromatic carbocycles. The molecule has 4 fully saturated rings. The Morgan fingerprint density at radius 1 is 1.02 bits per heavy atom. The maximum atomic E-state index is 14.8. The van der Waals surface area contributed by atoms with Crippen LogP contribution in [0.25, 0.3) is 11.1 Å². The predicted octanol–water partition coefficient (Wildman–Crippen LogP) is 3.95. The molecule has 2 aromatic rings. The fraction of sp³-hybridized carbons (Fsp3) is 0.564. The third-order valence-electron chi connectivity index (χ3n) is 11.2. The van der Waals surface area contributed by atoms with Crippen LogP contribution in [0.4, 0.5) is 4.79 Å². The van der Waals surface area contributed by atoms with Crippen molar-refractivity contribution in [2.75, 3.05) is 20.8 Å². The largest absolute Gasteiger partial charge is 0.481 e. The smallest absolute Gasteiger partial charge is 0.408 e. The van der Waals surface area contributed by atoms with Gasteiger partial charge in [0, 0.05) is 31.2 Å². The highest BCUT2D eigenvalue weighted by atomic mass is 32.2. The van der Waals surface area contributed by atoms with Gasteiger partial charge in [-0.2, -0.15) is 0 Å². The van der Waals surface area contributed by atoms with Gasteiger partial charge in [0.15, 0.2) is 0 Å². The van der Waals surface area contributed by atoms with Crippen molar-refractivity contribution in [2.24, 2.45) is 11.3 Å². The molecule has 0 spiro atoms. The topological polar surface area (TPSA) is 182 Å². The number of rotatable bonds is 13. The average Bonchev–Trinajstić information content (AvgIpc) is 4.03. The number of hydrogen-bond acceptors (Lipinski definition) is 10. The molecule has 3 N–H and O–H groups in total. The van der Waals surface area contributed by atoms with Crippen molar-refractivity contribution < 1.29 is 41.8 Å². The lowest BCUT2D eigenvalue weighted by Crippen LogP contribution is -2.60. The average molecular weight is 766 g/mol. The summed E-state index contributed by atoms with van der Waals surface area (Å²) in [6, 6.07) is 8.90. The van der Waals surface area contributed by atoms with E-state index in [0.717, 1.165) is 36.8 Å². The Labute approximate surface area is 316 Å². The number of pyridine rings is 1. The van der Waals surface area contributed by atoms with Crippen molar-refractivity contribution in [3.8, 4) is 17.0 Å². The molecule has 5 atom stereocenters. The van der Waals surface area contributed by atoms with Gasteiger partial charge in [-0.25, -0.2) is 18.2 Å². The summed E-state index contributed by atoms with van der Waals surface area (Å²) in [6.07, 6.45) is 6.67. The number of carbonyl (C=O) groups excluding carboxylic acids is 4. The summed E-state index contributed by atoms with van der Waals surface area (Å²) >= 11 is 0. The second-order valence-electron chi connectivity index (χ2n) is 16.0. The molecule has 14 nitrogen and oxygen atoms in total. The quantitative estimate of drug-likeness (QED) is 0.253. The summed E-state index contributed by atoms with van der Waals surface area (Å²) < 4.78 is 45.0. The van der Waals surface area contributed by atoms with Gasteiger partial charge < -0.3 is 29.7 Å². The molecule has 4 amide bonds. The van der Waals surface area contributed by atoms with Gasteiger partial charge in [-0.1, -0.05) is 51.1 Å². The molecule has 3 saturated carbocycles. The third-order valence-corrected chi connectivity index (χ3v) is 13.0. The first-order valence-corrected chi connectivity index (χ1v) is 20.1. The number of ether oxygens (including phenoxy) is 3. The van der Waals surface area contributed by atoms with Gasteiger partial charge in [-0.15, -0.1) is 6.58 Å². The Kier molecular flexibility index (Phi) is 10.9. The Balaban J connectivity index is 1.32. The summed E-state index contributed by atoms with van der Waals surface area (Å²) in [5.41, 5.74) is -1.27. The Morgan fingerprint density at radius 3 is 2.28 bits per heavy atom. The zero-order valence-electron chi connectivity index (χ0n) is 31.6. The Bertz CT molecular complexity index is 1890. The van der Waals surface area contributed by atoms with Crippen molar-refractivity contribution in [1.29, 1.82) is 0 Å². The molecule has 1 saturated heterocycles. The monoisotopic (exact) mass is 765 g/mol. The van der Waals surface area contributed by atoms with Crippen LogP contribution in [0.3, 0.4) is 0 Å². The lowest BCUT2D eigenvalue weighted by Gasteiger charge is -2.36. The van der Waals surface area contributed by atoms with Gasteiger partial charge >= 0.3 is 6.09 Å². The first-order valence-electron chi connectivity index (χ1n) is 18.5. The number of methoxy groups -OCH3 is 2. The lowest BCUT2D eigenvalue weighted by molar-refractivity contribution is -0.143. The van der Waals surface area contributed by atoms with Crippen LogP contribution in [0.2, 0.25) is 0 Å². The van der Waals surface area contributed by atoms with Crippen molar-refractivity contribution in [3.63, 3.8) is 0 Å². The molecule has 1 aromatic heterocycles. The fourth-order valence-corrected chi connectivity index (χ4v) is 9.05. The molecule has 15 heteroatoms. The van der Waals surface area contributed by atoms with E-state index in [1.54, 1.807) is 19.4 Å². The summed E-state index contributed by atoms with van der Waals surface area (Å²) in [6.45, 7) is 9.15. The predicted molar refractivity (Wildman–Crippen MR) is 199 cm³/mol. The van der Waals surface area contributed by atoms with E-state index in [9.17, 15) is 27.6 Å². The number of nitrogens with zero attached hydrogens (tertiary/aromatic N) is 2. The molecule has 4 aliphatic rings. The number of amides is 4. The molecule has 0 unspecified atom stereocenters. The summed E-state index contributed by atoms with van der Waals surface area (Å²) in [5, 5.41) is 4.98. The van der Waals surface area contributed by atoms with Crippen molar-refractivity contribution in [1.82, 2.24) is 25.2 Å². The van der Waals surface area contributed by atoms with E-state index in [-0.39, 0.29) is 25.5 Å². The van der Waals surface area contributed by atoms with Crippen LogP contribution in [0.1, 0.15) is 77.7 Å². The van der Waals surface area contributed by atoms with Crippen LogP contribution in [-0.2, 0) is 39.5 Å². The summed E-state index contributed by atoms with van der Waals surface area (Å²) in [5.74, 6) is -2.11. The highest BCUT2D eigenvalue weighted by Crippen LogP contribution is 2.47. The summed E-state index contributed by atoms with van der Waals surface area (Å²) in [7, 11) is -0.859. The van der Waals surface area contributed by atoms with E-state index in [1.165, 1.54) is 18.1 Å². The first-order chi connectivity index (χ1) is 25.6. The first kappa shape index (κ1) is 39.2. The van der Waals surface area contributed by atoms with E-state index in [2.05, 4.69) is 26.9 Å². The van der Waals surface area contributed by atoms with Gasteiger partial charge in [0.25, 0.3) is 5.91 Å². The maximum absolute atomic E-state index is 14.8. The fourth-order valence-electron chi connectivity index (χ4n) is 7.68. The van der Waals surface area contributed by atoms with Crippen LogP contribution in [-0.4, -0.2) is 91.9 Å². The Morgan fingerprint density at radius 2 is 1.70 bits per heavy atom. The third kappa shape index (κ3) is 7.83. The van der Waals surface area contributed by atoms with Gasteiger partial charge in [-0.05, 0) is 73.6 Å². The zero-order chi connectivity index (χ0) is 39.1. The Hall–Kier alpha value is -4.50. The van der Waals surface area contributed by atoms with Gasteiger partial charge in [-0.3, -0.25) is 19.1 Å². The molecule has 54 heavy (non-hydrogen) atoms. The zero-order valence-corrected chi connectivity index (χ0v) is 32.4. The standard InChI is InChI=1S/C39H51N5O9S/c1-7-25-21-39(25,35(47)43-54(49,50)28-18-19-28)42-32(45)30-22-38(52-6,26-16-14-24(15-17-26)29-13-10-20-40-33(29)51-5)23-44(30)34(46)31(37(2,3)4)41-36(48)53-27-11-8-9-12-27/h7,10,13-17,20,25,27-28,30-31H,1,8-9,11-12,18-19,21-23H2,2-6H3,(H,41,48)(H,42,45)(H,43,47)/t25-,30+,31-,38+,39-/m1/s1. The minimum Gasteiger partial charge on any atom is -0.481 e. The van der Waals surface area contributed by atoms with Crippen LogP contribution in [0, 0.1) is 11.3 Å². The highest BCUT2D eigenvalue weighted by Gasteiger charge is 2.62. The normalized spacial score (nSPS) is 26.1. The van der Waals surface area contributed by atoms with Crippen molar-refractivity contribution >= 4 is 33.8 Å². The number of carbonyl (C=O) groups is 4. The van der Waals surface area contributed by atoms with Crippen LogP contribution in [0.15, 0.2) is 55.3 Å². The molecule has 0 radical (unpaired) electrons. The molecular weight excluding hydrogens is 715 g/mol. The van der Waals surface area contributed by atoms with Crippen LogP contribution < -0.4 is 20.1 Å². The minimum atomic E-state index is -3.91. The molecule has 0 bridgehead atoms. The van der Waals surface area contributed by atoms with E-state index in [4.69, 9.17) is 14.2 Å².